The van der Waals surface area contributed by atoms with Crippen molar-refractivity contribution in [3.05, 3.63) is 65.2 Å². The highest BCUT2D eigenvalue weighted by molar-refractivity contribution is 5.98. The topological polar surface area (TPSA) is 98.7 Å². The Balaban J connectivity index is 0.00000207. The van der Waals surface area contributed by atoms with Crippen LogP contribution in [0.25, 0.3) is 0 Å². The van der Waals surface area contributed by atoms with Crippen molar-refractivity contribution in [3.63, 3.8) is 0 Å². The third-order valence-corrected chi connectivity index (χ3v) is 9.40. The largest absolute Gasteiger partial charge is 0.391 e. The molecule has 2 aromatic carbocycles. The lowest BCUT2D eigenvalue weighted by molar-refractivity contribution is -0.126. The van der Waals surface area contributed by atoms with Crippen molar-refractivity contribution in [1.29, 1.82) is 0 Å². The monoisotopic (exact) mass is 589 g/mol. The summed E-state index contributed by atoms with van der Waals surface area (Å²) in [7, 11) is 0. The predicted molar refractivity (Wildman–Crippen MR) is 172 cm³/mol. The number of aryl methyl sites for hydroxylation is 1. The number of aliphatic hydroxyl groups excluding tert-OH is 1. The molecule has 2 bridgehead atoms. The number of aliphatic hydroxyl groups is 1. The van der Waals surface area contributed by atoms with Crippen molar-refractivity contribution in [2.24, 2.45) is 17.8 Å². The summed E-state index contributed by atoms with van der Waals surface area (Å²) in [5.41, 5.74) is 3.10. The van der Waals surface area contributed by atoms with Gasteiger partial charge in [0.15, 0.2) is 0 Å². The molecule has 7 nitrogen and oxygen atoms in total. The maximum absolute atomic E-state index is 13.6. The SMILES string of the molecule is CC.Cc1cc(C(=O)N[C@@H](Cc2ccccc2)C(O)CC(C)C(=O)NC2CC3CCC2C3)cc(N2CCCCCC2=O)c1. The number of anilines is 1. The number of nitrogens with zero attached hydrogens (tertiary/aromatic N) is 1. The number of benzene rings is 2. The number of rotatable bonds is 10. The van der Waals surface area contributed by atoms with E-state index in [-0.39, 0.29) is 36.1 Å². The molecule has 43 heavy (non-hydrogen) atoms. The molecule has 3 aliphatic rings. The second-order valence-electron chi connectivity index (χ2n) is 12.7. The Morgan fingerprint density at radius 2 is 1.79 bits per heavy atom. The van der Waals surface area contributed by atoms with Gasteiger partial charge in [-0.3, -0.25) is 14.4 Å². The molecule has 2 aromatic rings. The minimum Gasteiger partial charge on any atom is -0.391 e. The number of amides is 3. The second kappa shape index (κ2) is 15.5. The highest BCUT2D eigenvalue weighted by Crippen LogP contribution is 2.44. The summed E-state index contributed by atoms with van der Waals surface area (Å²) in [4.78, 5) is 41.2. The van der Waals surface area contributed by atoms with E-state index >= 15 is 0 Å². The molecule has 2 saturated carbocycles. The summed E-state index contributed by atoms with van der Waals surface area (Å²) in [5, 5.41) is 17.7. The van der Waals surface area contributed by atoms with Crippen molar-refractivity contribution < 1.29 is 19.5 Å². The zero-order valence-electron chi connectivity index (χ0n) is 26.5. The van der Waals surface area contributed by atoms with Crippen LogP contribution in [0.4, 0.5) is 5.69 Å². The average Bonchev–Trinajstić information content (AvgIpc) is 3.56. The van der Waals surface area contributed by atoms with Crippen LogP contribution in [0.2, 0.25) is 0 Å². The lowest BCUT2D eigenvalue weighted by atomic mass is 9.91. The smallest absolute Gasteiger partial charge is 0.251 e. The Kier molecular flexibility index (Phi) is 11.8. The number of hydrogen-bond acceptors (Lipinski definition) is 4. The minimum absolute atomic E-state index is 0.0168. The first-order valence-corrected chi connectivity index (χ1v) is 16.5. The lowest BCUT2D eigenvalue weighted by Crippen LogP contribution is -2.47. The van der Waals surface area contributed by atoms with Crippen molar-refractivity contribution in [1.82, 2.24) is 10.6 Å². The number of carbonyl (C=O) groups excluding carboxylic acids is 3. The van der Waals surface area contributed by atoms with Crippen LogP contribution in [-0.2, 0) is 16.0 Å². The average molecular weight is 590 g/mol. The van der Waals surface area contributed by atoms with Crippen LogP contribution in [0.5, 0.6) is 0 Å². The Morgan fingerprint density at radius 1 is 1.02 bits per heavy atom. The van der Waals surface area contributed by atoms with Gasteiger partial charge < -0.3 is 20.6 Å². The van der Waals surface area contributed by atoms with Crippen LogP contribution in [0.1, 0.15) is 100 Å². The zero-order valence-corrected chi connectivity index (χ0v) is 26.5. The Labute approximate surface area is 257 Å². The molecule has 5 unspecified atom stereocenters. The van der Waals surface area contributed by atoms with Crippen LogP contribution in [0, 0.1) is 24.7 Å². The second-order valence-corrected chi connectivity index (χ2v) is 12.7. The summed E-state index contributed by atoms with van der Waals surface area (Å²) < 4.78 is 0. The quantitative estimate of drug-likeness (QED) is 0.318. The third-order valence-electron chi connectivity index (χ3n) is 9.40. The van der Waals surface area contributed by atoms with E-state index in [0.717, 1.165) is 48.4 Å². The molecule has 3 N–H and O–H groups in total. The highest BCUT2D eigenvalue weighted by atomic mass is 16.3. The number of carbonyl (C=O) groups is 3. The predicted octanol–water partition coefficient (Wildman–Crippen LogP) is 5.96. The lowest BCUT2D eigenvalue weighted by Gasteiger charge is -2.28. The Morgan fingerprint density at radius 3 is 2.49 bits per heavy atom. The molecule has 3 amide bonds. The molecular formula is C36H51N3O4. The maximum atomic E-state index is 13.6. The molecule has 7 heteroatoms. The van der Waals surface area contributed by atoms with E-state index < -0.39 is 12.1 Å². The summed E-state index contributed by atoms with van der Waals surface area (Å²) in [6.07, 6.45) is 7.95. The minimum atomic E-state index is -0.906. The first kappa shape index (κ1) is 32.7. The van der Waals surface area contributed by atoms with E-state index in [0.29, 0.717) is 30.9 Å². The van der Waals surface area contributed by atoms with Gasteiger partial charge in [-0.25, -0.2) is 0 Å². The molecule has 0 radical (unpaired) electrons. The number of fused-ring (bicyclic) bond motifs is 2. The molecule has 5 rings (SSSR count). The van der Waals surface area contributed by atoms with Crippen molar-refractivity contribution in [2.45, 2.75) is 110 Å². The Hall–Kier alpha value is -3.19. The highest BCUT2D eigenvalue weighted by Gasteiger charge is 2.40. The standard InChI is InChI=1S/C34H45N3O4.C2H6/c1-22-15-27(21-28(16-22)37-14-8-4-7-11-32(37)39)34(41)36-30(19-24-9-5-3-6-10-24)31(38)17-23(2)33(40)35-29-20-25-12-13-26(29)18-25;1-2/h3,5-6,9-10,15-16,21,23,25-26,29-31,38H,4,7-8,11-14,17-20H2,1-2H3,(H,35,40)(H,36,41);1-2H3/t23?,25?,26?,29?,30-,31?;/m0./s1. The van der Waals surface area contributed by atoms with Crippen molar-refractivity contribution in [3.8, 4) is 0 Å². The van der Waals surface area contributed by atoms with Gasteiger partial charge in [0.1, 0.15) is 0 Å². The van der Waals surface area contributed by atoms with E-state index in [1.807, 2.05) is 70.2 Å². The fourth-order valence-electron chi connectivity index (χ4n) is 7.09. The summed E-state index contributed by atoms with van der Waals surface area (Å²) >= 11 is 0. The van der Waals surface area contributed by atoms with E-state index in [4.69, 9.17) is 0 Å². The van der Waals surface area contributed by atoms with Gasteiger partial charge in [-0.15, -0.1) is 0 Å². The third kappa shape index (κ3) is 8.69. The molecule has 3 fully saturated rings. The van der Waals surface area contributed by atoms with Crippen LogP contribution in [0.15, 0.2) is 48.5 Å². The van der Waals surface area contributed by atoms with Gasteiger partial charge in [0.2, 0.25) is 11.8 Å². The van der Waals surface area contributed by atoms with Gasteiger partial charge in [-0.1, -0.05) is 63.9 Å². The first-order chi connectivity index (χ1) is 20.8. The van der Waals surface area contributed by atoms with E-state index in [1.165, 1.54) is 19.3 Å². The molecular weight excluding hydrogens is 538 g/mol. The number of nitrogens with one attached hydrogen (secondary N) is 2. The number of hydrogen-bond donors (Lipinski definition) is 3. The van der Waals surface area contributed by atoms with E-state index in [1.54, 1.807) is 11.0 Å². The maximum Gasteiger partial charge on any atom is 0.251 e. The Bertz CT molecular complexity index is 1230. The molecule has 1 saturated heterocycles. The van der Waals surface area contributed by atoms with Crippen LogP contribution in [0.3, 0.4) is 0 Å². The molecule has 0 aromatic heterocycles. The molecule has 2 aliphatic carbocycles. The van der Waals surface area contributed by atoms with Gasteiger partial charge in [0, 0.05) is 36.2 Å². The summed E-state index contributed by atoms with van der Waals surface area (Å²) in [6, 6.07) is 15.0. The van der Waals surface area contributed by atoms with Gasteiger partial charge in [0.25, 0.3) is 5.91 Å². The van der Waals surface area contributed by atoms with Crippen molar-refractivity contribution in [2.75, 3.05) is 11.4 Å². The fraction of sp³-hybridized carbons (Fsp3) is 0.583. The first-order valence-electron chi connectivity index (χ1n) is 16.5. The zero-order chi connectivity index (χ0) is 30.9. The fourth-order valence-corrected chi connectivity index (χ4v) is 7.09. The van der Waals surface area contributed by atoms with Gasteiger partial charge in [0.05, 0.1) is 12.1 Å². The van der Waals surface area contributed by atoms with Crippen LogP contribution in [-0.4, -0.2) is 47.6 Å². The van der Waals surface area contributed by atoms with Gasteiger partial charge in [-0.05, 0) is 93.0 Å². The van der Waals surface area contributed by atoms with Crippen LogP contribution < -0.4 is 15.5 Å². The molecule has 0 spiro atoms. The molecule has 234 valence electrons. The van der Waals surface area contributed by atoms with E-state index in [9.17, 15) is 19.5 Å². The molecule has 1 heterocycles. The van der Waals surface area contributed by atoms with Crippen LogP contribution >= 0.6 is 0 Å². The van der Waals surface area contributed by atoms with Crippen molar-refractivity contribution >= 4 is 23.4 Å². The molecule has 6 atom stereocenters. The van der Waals surface area contributed by atoms with Gasteiger partial charge in [-0.2, -0.15) is 0 Å². The summed E-state index contributed by atoms with van der Waals surface area (Å²) in [5.74, 6) is 0.743. The van der Waals surface area contributed by atoms with Gasteiger partial charge >= 0.3 is 0 Å². The van der Waals surface area contributed by atoms with E-state index in [2.05, 4.69) is 10.6 Å². The summed E-state index contributed by atoms with van der Waals surface area (Å²) in [6.45, 7) is 8.44. The molecule has 1 aliphatic heterocycles. The normalized spacial score (nSPS) is 23.4.